The summed E-state index contributed by atoms with van der Waals surface area (Å²) in [5.41, 5.74) is 3.77. The van der Waals surface area contributed by atoms with Crippen LogP contribution in [0.15, 0.2) is 97.1 Å². The Bertz CT molecular complexity index is 1310. The number of hydrogen-bond donors (Lipinski definition) is 2. The average Bonchev–Trinajstić information content (AvgIpc) is 2.79. The van der Waals surface area contributed by atoms with Gasteiger partial charge in [-0.15, -0.1) is 0 Å². The van der Waals surface area contributed by atoms with Crippen LogP contribution >= 0.6 is 0 Å². The van der Waals surface area contributed by atoms with Crippen molar-refractivity contribution < 1.29 is 14.7 Å². The van der Waals surface area contributed by atoms with Gasteiger partial charge in [0.15, 0.2) is 0 Å². The van der Waals surface area contributed by atoms with Crippen LogP contribution in [0.4, 0.5) is 5.69 Å². The Hall–Kier alpha value is -4.18. The Kier molecular flexibility index (Phi) is 5.63. The van der Waals surface area contributed by atoms with E-state index < -0.39 is 5.97 Å². The Balaban J connectivity index is 1.57. The molecule has 0 spiro atoms. The standard InChI is InChI=1S/C27H21NO3/c1-18(21-12-11-19-7-5-6-10-22(19)16-21)15-26(29)28-23-13-14-24(25(17-23)27(30)31)20-8-3-2-4-9-20/h2-17H,1H3,(H,28,29)(H,30,31)/b18-15+. The van der Waals surface area contributed by atoms with E-state index in [0.29, 0.717) is 11.3 Å². The number of amides is 1. The van der Waals surface area contributed by atoms with Gasteiger partial charge in [0, 0.05) is 11.8 Å². The number of anilines is 1. The van der Waals surface area contributed by atoms with Crippen LogP contribution in [0.5, 0.6) is 0 Å². The summed E-state index contributed by atoms with van der Waals surface area (Å²) in [5, 5.41) is 14.7. The van der Waals surface area contributed by atoms with Crippen LogP contribution in [0.2, 0.25) is 0 Å². The van der Waals surface area contributed by atoms with E-state index in [-0.39, 0.29) is 11.5 Å². The van der Waals surface area contributed by atoms with Gasteiger partial charge in [-0.1, -0.05) is 72.8 Å². The Morgan fingerprint density at radius 1 is 0.806 bits per heavy atom. The zero-order valence-electron chi connectivity index (χ0n) is 17.0. The fourth-order valence-electron chi connectivity index (χ4n) is 3.56. The fraction of sp³-hybridized carbons (Fsp3) is 0.0370. The number of allylic oxidation sites excluding steroid dienone is 1. The number of fused-ring (bicyclic) bond motifs is 1. The third kappa shape index (κ3) is 4.54. The molecular formula is C27H21NO3. The highest BCUT2D eigenvalue weighted by atomic mass is 16.4. The van der Waals surface area contributed by atoms with Crippen molar-refractivity contribution in [1.82, 2.24) is 0 Å². The van der Waals surface area contributed by atoms with Crippen LogP contribution in [0.3, 0.4) is 0 Å². The van der Waals surface area contributed by atoms with E-state index in [1.54, 1.807) is 12.1 Å². The number of benzene rings is 4. The molecule has 0 radical (unpaired) electrons. The van der Waals surface area contributed by atoms with Gasteiger partial charge < -0.3 is 10.4 Å². The van der Waals surface area contributed by atoms with Gasteiger partial charge in [-0.05, 0) is 58.2 Å². The molecule has 0 bridgehead atoms. The van der Waals surface area contributed by atoms with E-state index in [0.717, 1.165) is 27.5 Å². The zero-order valence-corrected chi connectivity index (χ0v) is 17.0. The lowest BCUT2D eigenvalue weighted by atomic mass is 9.99. The van der Waals surface area contributed by atoms with E-state index in [2.05, 4.69) is 5.32 Å². The predicted octanol–water partition coefficient (Wildman–Crippen LogP) is 6.25. The molecule has 4 aromatic carbocycles. The molecule has 0 aliphatic carbocycles. The first-order valence-electron chi connectivity index (χ1n) is 9.92. The second kappa shape index (κ2) is 8.67. The molecule has 152 valence electrons. The Morgan fingerprint density at radius 3 is 2.26 bits per heavy atom. The Labute approximate surface area is 180 Å². The maximum atomic E-state index is 12.6. The molecule has 0 atom stereocenters. The topological polar surface area (TPSA) is 66.4 Å². The molecule has 0 aliphatic rings. The van der Waals surface area contributed by atoms with Gasteiger partial charge in [-0.3, -0.25) is 4.79 Å². The summed E-state index contributed by atoms with van der Waals surface area (Å²) in [7, 11) is 0. The highest BCUT2D eigenvalue weighted by Gasteiger charge is 2.13. The van der Waals surface area contributed by atoms with E-state index in [4.69, 9.17) is 0 Å². The van der Waals surface area contributed by atoms with E-state index in [1.807, 2.05) is 79.7 Å². The smallest absolute Gasteiger partial charge is 0.336 e. The third-order valence-corrected chi connectivity index (χ3v) is 5.15. The normalized spacial score (nSPS) is 11.3. The Morgan fingerprint density at radius 2 is 1.52 bits per heavy atom. The molecule has 0 aliphatic heterocycles. The van der Waals surface area contributed by atoms with Crippen molar-refractivity contribution in [3.63, 3.8) is 0 Å². The molecular weight excluding hydrogens is 386 g/mol. The summed E-state index contributed by atoms with van der Waals surface area (Å²) in [4.78, 5) is 24.3. The summed E-state index contributed by atoms with van der Waals surface area (Å²) >= 11 is 0. The van der Waals surface area contributed by atoms with Gasteiger partial charge in [0.05, 0.1) is 5.56 Å². The molecule has 0 aromatic heterocycles. The summed E-state index contributed by atoms with van der Waals surface area (Å²) in [5.74, 6) is -1.35. The van der Waals surface area contributed by atoms with Crippen LogP contribution in [0, 0.1) is 0 Å². The molecule has 0 saturated heterocycles. The molecule has 0 fully saturated rings. The van der Waals surface area contributed by atoms with Crippen LogP contribution in [0.25, 0.3) is 27.5 Å². The SMILES string of the molecule is C/C(=C\C(=O)Nc1ccc(-c2ccccc2)c(C(=O)O)c1)c1ccc2ccccc2c1. The average molecular weight is 407 g/mol. The monoisotopic (exact) mass is 407 g/mol. The summed E-state index contributed by atoms with van der Waals surface area (Å²) in [6.45, 7) is 1.88. The number of carboxylic acid groups (broad SMARTS) is 1. The van der Waals surface area contributed by atoms with Gasteiger partial charge in [0.25, 0.3) is 0 Å². The molecule has 31 heavy (non-hydrogen) atoms. The largest absolute Gasteiger partial charge is 0.478 e. The van der Waals surface area contributed by atoms with Crippen molar-refractivity contribution in [2.24, 2.45) is 0 Å². The first-order valence-corrected chi connectivity index (χ1v) is 9.92. The minimum Gasteiger partial charge on any atom is -0.478 e. The molecule has 4 rings (SSSR count). The molecule has 0 unspecified atom stereocenters. The maximum absolute atomic E-state index is 12.6. The maximum Gasteiger partial charge on any atom is 0.336 e. The molecule has 0 saturated carbocycles. The van der Waals surface area contributed by atoms with Crippen LogP contribution in [-0.4, -0.2) is 17.0 Å². The lowest BCUT2D eigenvalue weighted by molar-refractivity contribution is -0.111. The quantitative estimate of drug-likeness (QED) is 0.385. The summed E-state index contributed by atoms with van der Waals surface area (Å²) < 4.78 is 0. The van der Waals surface area contributed by atoms with E-state index in [9.17, 15) is 14.7 Å². The summed E-state index contributed by atoms with van der Waals surface area (Å²) in [6, 6.07) is 28.3. The van der Waals surface area contributed by atoms with Crippen molar-refractivity contribution in [3.05, 3.63) is 108 Å². The van der Waals surface area contributed by atoms with Gasteiger partial charge in [-0.25, -0.2) is 4.79 Å². The number of hydrogen-bond acceptors (Lipinski definition) is 2. The first kappa shape index (κ1) is 20.1. The molecule has 1 amide bonds. The number of carbonyl (C=O) groups is 2. The van der Waals surface area contributed by atoms with Crippen molar-refractivity contribution in [2.75, 3.05) is 5.32 Å². The van der Waals surface area contributed by atoms with E-state index in [1.165, 1.54) is 12.1 Å². The number of carboxylic acids is 1. The lowest BCUT2D eigenvalue weighted by Gasteiger charge is -2.10. The van der Waals surface area contributed by atoms with Gasteiger partial charge in [-0.2, -0.15) is 0 Å². The van der Waals surface area contributed by atoms with Crippen molar-refractivity contribution in [1.29, 1.82) is 0 Å². The van der Waals surface area contributed by atoms with Crippen molar-refractivity contribution >= 4 is 33.9 Å². The van der Waals surface area contributed by atoms with Gasteiger partial charge in [0.1, 0.15) is 0 Å². The second-order valence-electron chi connectivity index (χ2n) is 7.31. The number of nitrogens with one attached hydrogen (secondary N) is 1. The predicted molar refractivity (Wildman–Crippen MR) is 125 cm³/mol. The number of carbonyl (C=O) groups excluding carboxylic acids is 1. The van der Waals surface area contributed by atoms with Crippen LogP contribution < -0.4 is 5.32 Å². The third-order valence-electron chi connectivity index (χ3n) is 5.15. The summed E-state index contributed by atoms with van der Waals surface area (Å²) in [6.07, 6.45) is 1.52. The number of rotatable bonds is 5. The van der Waals surface area contributed by atoms with Gasteiger partial charge in [0.2, 0.25) is 5.91 Å². The number of aromatic carboxylic acids is 1. The molecule has 2 N–H and O–H groups in total. The highest BCUT2D eigenvalue weighted by Crippen LogP contribution is 2.27. The zero-order chi connectivity index (χ0) is 21.8. The van der Waals surface area contributed by atoms with Crippen molar-refractivity contribution in [3.8, 4) is 11.1 Å². The highest BCUT2D eigenvalue weighted by molar-refractivity contribution is 6.05. The van der Waals surface area contributed by atoms with E-state index >= 15 is 0 Å². The minimum atomic E-state index is -1.04. The minimum absolute atomic E-state index is 0.138. The van der Waals surface area contributed by atoms with Gasteiger partial charge >= 0.3 is 5.97 Å². The second-order valence-corrected chi connectivity index (χ2v) is 7.31. The lowest BCUT2D eigenvalue weighted by Crippen LogP contribution is -2.10. The molecule has 4 heteroatoms. The van der Waals surface area contributed by atoms with Crippen molar-refractivity contribution in [2.45, 2.75) is 6.92 Å². The molecule has 4 nitrogen and oxygen atoms in total. The van der Waals surface area contributed by atoms with Crippen LogP contribution in [-0.2, 0) is 4.79 Å². The van der Waals surface area contributed by atoms with Crippen LogP contribution in [0.1, 0.15) is 22.8 Å². The fourth-order valence-corrected chi connectivity index (χ4v) is 3.56. The molecule has 4 aromatic rings. The first-order chi connectivity index (χ1) is 15.0. The molecule has 0 heterocycles.